The number of esters is 2. The number of carbonyl (C=O) groups excluding carboxylic acids is 2. The molecule has 0 fully saturated rings. The third-order valence-corrected chi connectivity index (χ3v) is 2.90. The normalized spacial score (nSPS) is 9.90. The Morgan fingerprint density at radius 2 is 1.50 bits per heavy atom. The highest BCUT2D eigenvalue weighted by atomic mass is 16.5. The van der Waals surface area contributed by atoms with Crippen LogP contribution in [0.4, 0.5) is 0 Å². The van der Waals surface area contributed by atoms with Crippen LogP contribution in [0, 0.1) is 0 Å². The summed E-state index contributed by atoms with van der Waals surface area (Å²) in [5.74, 6) is -1.44. The van der Waals surface area contributed by atoms with E-state index in [4.69, 9.17) is 0 Å². The van der Waals surface area contributed by atoms with Gasteiger partial charge in [-0.15, -0.1) is 0 Å². The summed E-state index contributed by atoms with van der Waals surface area (Å²) in [6.45, 7) is 0. The van der Waals surface area contributed by atoms with Crippen LogP contribution in [-0.2, 0) is 19.1 Å². The molecule has 102 valence electrons. The minimum atomic E-state index is -0.718. The minimum absolute atomic E-state index is 0.134. The van der Waals surface area contributed by atoms with Crippen molar-refractivity contribution in [3.63, 3.8) is 0 Å². The molecule has 20 heavy (non-hydrogen) atoms. The molecule has 2 rings (SSSR count). The van der Waals surface area contributed by atoms with Gasteiger partial charge in [0.15, 0.2) is 0 Å². The van der Waals surface area contributed by atoms with E-state index in [9.17, 15) is 9.59 Å². The van der Waals surface area contributed by atoms with Gasteiger partial charge in [-0.2, -0.15) is 0 Å². The summed E-state index contributed by atoms with van der Waals surface area (Å²) in [6, 6.07) is 13.5. The molecule has 0 amide bonds. The second-order valence-electron chi connectivity index (χ2n) is 4.15. The summed E-state index contributed by atoms with van der Waals surface area (Å²) in [7, 11) is 2.44. The Labute approximate surface area is 116 Å². The molecule has 0 radical (unpaired) electrons. The van der Waals surface area contributed by atoms with Gasteiger partial charge < -0.3 is 9.47 Å². The summed E-state index contributed by atoms with van der Waals surface area (Å²) >= 11 is 0. The lowest BCUT2D eigenvalue weighted by Gasteiger charge is -2.04. The SMILES string of the molecule is COC(=O)C(=Cc1ccc2ccccc2c1)C(=O)OC. The summed E-state index contributed by atoms with van der Waals surface area (Å²) in [5, 5.41) is 2.11. The maximum absolute atomic E-state index is 11.6. The molecule has 0 unspecified atom stereocenters. The maximum atomic E-state index is 11.6. The van der Waals surface area contributed by atoms with Crippen molar-refractivity contribution in [1.82, 2.24) is 0 Å². The van der Waals surface area contributed by atoms with E-state index < -0.39 is 11.9 Å². The molecular weight excluding hydrogens is 256 g/mol. The predicted octanol–water partition coefficient (Wildman–Crippen LogP) is 2.57. The number of benzene rings is 2. The highest BCUT2D eigenvalue weighted by Crippen LogP contribution is 2.18. The van der Waals surface area contributed by atoms with Crippen LogP contribution in [0.15, 0.2) is 48.0 Å². The van der Waals surface area contributed by atoms with E-state index in [2.05, 4.69) is 9.47 Å². The summed E-state index contributed by atoms with van der Waals surface area (Å²) in [5.41, 5.74) is 0.597. The fourth-order valence-electron chi connectivity index (χ4n) is 1.89. The van der Waals surface area contributed by atoms with Crippen molar-refractivity contribution in [2.24, 2.45) is 0 Å². The molecule has 0 spiro atoms. The second kappa shape index (κ2) is 6.02. The first-order valence-corrected chi connectivity index (χ1v) is 6.03. The third-order valence-electron chi connectivity index (χ3n) is 2.90. The van der Waals surface area contributed by atoms with Gasteiger partial charge in [-0.3, -0.25) is 0 Å². The van der Waals surface area contributed by atoms with Gasteiger partial charge in [0.2, 0.25) is 0 Å². The largest absolute Gasteiger partial charge is 0.465 e. The third kappa shape index (κ3) is 2.85. The van der Waals surface area contributed by atoms with Crippen LogP contribution in [0.5, 0.6) is 0 Å². The Kier molecular flexibility index (Phi) is 4.15. The minimum Gasteiger partial charge on any atom is -0.465 e. The monoisotopic (exact) mass is 270 g/mol. The number of methoxy groups -OCH3 is 2. The molecule has 0 atom stereocenters. The Morgan fingerprint density at radius 3 is 2.10 bits per heavy atom. The van der Waals surface area contributed by atoms with Crippen LogP contribution >= 0.6 is 0 Å². The van der Waals surface area contributed by atoms with Crippen molar-refractivity contribution in [3.8, 4) is 0 Å². The van der Waals surface area contributed by atoms with Gasteiger partial charge in [0.05, 0.1) is 14.2 Å². The Balaban J connectivity index is 2.47. The Morgan fingerprint density at radius 1 is 0.900 bits per heavy atom. The van der Waals surface area contributed by atoms with Crippen molar-refractivity contribution in [2.45, 2.75) is 0 Å². The number of ether oxygens (including phenoxy) is 2. The zero-order valence-electron chi connectivity index (χ0n) is 11.3. The van der Waals surface area contributed by atoms with E-state index >= 15 is 0 Å². The first kappa shape index (κ1) is 13.8. The van der Waals surface area contributed by atoms with Crippen molar-refractivity contribution < 1.29 is 19.1 Å². The van der Waals surface area contributed by atoms with E-state index in [1.807, 2.05) is 42.5 Å². The van der Waals surface area contributed by atoms with Crippen LogP contribution < -0.4 is 0 Å². The van der Waals surface area contributed by atoms with Gasteiger partial charge in [0.1, 0.15) is 5.57 Å². The molecule has 0 aliphatic carbocycles. The van der Waals surface area contributed by atoms with Crippen molar-refractivity contribution in [2.75, 3.05) is 14.2 Å². The standard InChI is InChI=1S/C16H14O4/c1-19-15(17)14(16(18)20-2)10-11-7-8-12-5-3-4-6-13(12)9-11/h3-10H,1-2H3. The van der Waals surface area contributed by atoms with E-state index in [1.165, 1.54) is 20.3 Å². The van der Waals surface area contributed by atoms with Gasteiger partial charge in [-0.05, 0) is 28.5 Å². The zero-order valence-corrected chi connectivity index (χ0v) is 11.3. The molecule has 2 aromatic carbocycles. The maximum Gasteiger partial charge on any atom is 0.345 e. The highest BCUT2D eigenvalue weighted by Gasteiger charge is 2.19. The molecule has 0 saturated carbocycles. The topological polar surface area (TPSA) is 52.6 Å². The van der Waals surface area contributed by atoms with Crippen molar-refractivity contribution >= 4 is 28.8 Å². The summed E-state index contributed by atoms with van der Waals surface area (Å²) < 4.78 is 9.17. The molecule has 0 saturated heterocycles. The van der Waals surface area contributed by atoms with Crippen molar-refractivity contribution in [3.05, 3.63) is 53.6 Å². The molecule has 0 aromatic heterocycles. The average Bonchev–Trinajstić information content (AvgIpc) is 2.51. The molecular formula is C16H14O4. The molecule has 0 heterocycles. The van der Waals surface area contributed by atoms with Gasteiger partial charge in [-0.25, -0.2) is 9.59 Å². The number of hydrogen-bond donors (Lipinski definition) is 0. The summed E-state index contributed by atoms with van der Waals surface area (Å²) in [4.78, 5) is 23.2. The van der Waals surface area contributed by atoms with E-state index in [1.54, 1.807) is 0 Å². The van der Waals surface area contributed by atoms with Crippen molar-refractivity contribution in [1.29, 1.82) is 0 Å². The number of hydrogen-bond acceptors (Lipinski definition) is 4. The molecule has 0 bridgehead atoms. The Hall–Kier alpha value is -2.62. The molecule has 2 aromatic rings. The molecule has 0 aliphatic heterocycles. The highest BCUT2D eigenvalue weighted by molar-refractivity contribution is 6.17. The van der Waals surface area contributed by atoms with Crippen LogP contribution in [0.1, 0.15) is 5.56 Å². The Bertz CT molecular complexity index is 668. The molecule has 0 N–H and O–H groups in total. The summed E-state index contributed by atoms with van der Waals surface area (Å²) in [6.07, 6.45) is 1.46. The fourth-order valence-corrected chi connectivity index (χ4v) is 1.89. The lowest BCUT2D eigenvalue weighted by atomic mass is 10.1. The molecule has 4 nitrogen and oxygen atoms in total. The first-order valence-electron chi connectivity index (χ1n) is 6.03. The molecule has 0 aliphatic rings. The predicted molar refractivity (Wildman–Crippen MR) is 76.0 cm³/mol. The first-order chi connectivity index (χ1) is 9.65. The molecule has 4 heteroatoms. The van der Waals surface area contributed by atoms with E-state index in [0.29, 0.717) is 0 Å². The van der Waals surface area contributed by atoms with E-state index in [0.717, 1.165) is 16.3 Å². The van der Waals surface area contributed by atoms with Gasteiger partial charge in [0.25, 0.3) is 0 Å². The number of fused-ring (bicyclic) bond motifs is 1. The lowest BCUT2D eigenvalue weighted by Crippen LogP contribution is -2.15. The lowest BCUT2D eigenvalue weighted by molar-refractivity contribution is -0.143. The number of carbonyl (C=O) groups is 2. The van der Waals surface area contributed by atoms with Crippen LogP contribution in [-0.4, -0.2) is 26.2 Å². The zero-order chi connectivity index (χ0) is 14.5. The average molecular weight is 270 g/mol. The van der Waals surface area contributed by atoms with Crippen LogP contribution in [0.3, 0.4) is 0 Å². The fraction of sp³-hybridized carbons (Fsp3) is 0.125. The van der Waals surface area contributed by atoms with Gasteiger partial charge >= 0.3 is 11.9 Å². The number of rotatable bonds is 3. The van der Waals surface area contributed by atoms with Gasteiger partial charge in [-0.1, -0.05) is 36.4 Å². The quantitative estimate of drug-likeness (QED) is 0.372. The van der Waals surface area contributed by atoms with E-state index in [-0.39, 0.29) is 5.57 Å². The second-order valence-corrected chi connectivity index (χ2v) is 4.15. The smallest absolute Gasteiger partial charge is 0.345 e. The van der Waals surface area contributed by atoms with Crippen LogP contribution in [0.25, 0.3) is 16.8 Å². The van der Waals surface area contributed by atoms with Crippen LogP contribution in [0.2, 0.25) is 0 Å². The van der Waals surface area contributed by atoms with Gasteiger partial charge in [0, 0.05) is 0 Å².